The highest BCUT2D eigenvalue weighted by molar-refractivity contribution is 5.13. The maximum atomic E-state index is 9.33. The standard InChI is InChI=1S/C9H16N2O/c1-7-3-4-8(2)11(7)6-9(12)5-10/h3-4,9,12H,5-6,10H2,1-2H3/t9-/m0/s1. The number of aliphatic hydroxyl groups excluding tert-OH is 1. The van der Waals surface area contributed by atoms with Gasteiger partial charge in [0.1, 0.15) is 0 Å². The molecule has 68 valence electrons. The van der Waals surface area contributed by atoms with Crippen LogP contribution in [0.2, 0.25) is 0 Å². The zero-order valence-corrected chi connectivity index (χ0v) is 7.62. The molecular weight excluding hydrogens is 152 g/mol. The van der Waals surface area contributed by atoms with Crippen molar-refractivity contribution < 1.29 is 5.11 Å². The summed E-state index contributed by atoms with van der Waals surface area (Å²) < 4.78 is 2.07. The summed E-state index contributed by atoms with van der Waals surface area (Å²) in [6.45, 7) is 4.96. The lowest BCUT2D eigenvalue weighted by molar-refractivity contribution is 0.160. The minimum absolute atomic E-state index is 0.317. The highest BCUT2D eigenvalue weighted by Crippen LogP contribution is 2.07. The van der Waals surface area contributed by atoms with Crippen LogP contribution >= 0.6 is 0 Å². The molecule has 1 heterocycles. The summed E-state index contributed by atoms with van der Waals surface area (Å²) in [4.78, 5) is 0. The van der Waals surface area contributed by atoms with Crippen LogP contribution in [0.5, 0.6) is 0 Å². The van der Waals surface area contributed by atoms with E-state index in [0.29, 0.717) is 13.1 Å². The van der Waals surface area contributed by atoms with E-state index in [4.69, 9.17) is 5.73 Å². The van der Waals surface area contributed by atoms with Crippen molar-refractivity contribution in [1.29, 1.82) is 0 Å². The van der Waals surface area contributed by atoms with E-state index in [0.717, 1.165) is 0 Å². The van der Waals surface area contributed by atoms with Crippen LogP contribution in [0.15, 0.2) is 12.1 Å². The van der Waals surface area contributed by atoms with Crippen LogP contribution in [0.1, 0.15) is 11.4 Å². The third-order valence-corrected chi connectivity index (χ3v) is 2.08. The third-order valence-electron chi connectivity index (χ3n) is 2.08. The zero-order chi connectivity index (χ0) is 9.14. The summed E-state index contributed by atoms with van der Waals surface area (Å²) in [5.41, 5.74) is 7.66. The molecule has 0 aliphatic carbocycles. The second kappa shape index (κ2) is 3.74. The first-order valence-electron chi connectivity index (χ1n) is 4.16. The van der Waals surface area contributed by atoms with Gasteiger partial charge < -0.3 is 15.4 Å². The third kappa shape index (κ3) is 1.87. The Morgan fingerprint density at radius 2 is 1.92 bits per heavy atom. The first kappa shape index (κ1) is 9.29. The largest absolute Gasteiger partial charge is 0.390 e. The van der Waals surface area contributed by atoms with Crippen LogP contribution in [0.25, 0.3) is 0 Å². The van der Waals surface area contributed by atoms with E-state index in [1.54, 1.807) is 0 Å². The minimum atomic E-state index is -0.435. The molecule has 12 heavy (non-hydrogen) atoms. The monoisotopic (exact) mass is 168 g/mol. The summed E-state index contributed by atoms with van der Waals surface area (Å²) in [5.74, 6) is 0. The lowest BCUT2D eigenvalue weighted by Gasteiger charge is -2.12. The fraction of sp³-hybridized carbons (Fsp3) is 0.556. The Balaban J connectivity index is 2.73. The Morgan fingerprint density at radius 1 is 1.42 bits per heavy atom. The predicted molar refractivity (Wildman–Crippen MR) is 49.0 cm³/mol. The molecule has 0 spiro atoms. The lowest BCUT2D eigenvalue weighted by Crippen LogP contribution is -2.26. The Kier molecular flexibility index (Phi) is 2.89. The first-order valence-corrected chi connectivity index (χ1v) is 4.16. The van der Waals surface area contributed by atoms with Gasteiger partial charge in [-0.25, -0.2) is 0 Å². The molecule has 0 unspecified atom stereocenters. The summed E-state index contributed by atoms with van der Waals surface area (Å²) in [7, 11) is 0. The molecule has 0 saturated carbocycles. The maximum Gasteiger partial charge on any atom is 0.0841 e. The SMILES string of the molecule is Cc1ccc(C)n1C[C@@H](O)CN. The number of hydrogen-bond acceptors (Lipinski definition) is 2. The van der Waals surface area contributed by atoms with Gasteiger partial charge in [-0.1, -0.05) is 0 Å². The van der Waals surface area contributed by atoms with Gasteiger partial charge >= 0.3 is 0 Å². The van der Waals surface area contributed by atoms with E-state index in [1.165, 1.54) is 11.4 Å². The fourth-order valence-electron chi connectivity index (χ4n) is 1.27. The molecule has 1 atom stereocenters. The van der Waals surface area contributed by atoms with Gasteiger partial charge in [0.15, 0.2) is 0 Å². The van der Waals surface area contributed by atoms with Crippen molar-refractivity contribution in [2.45, 2.75) is 26.5 Å². The molecule has 3 heteroatoms. The van der Waals surface area contributed by atoms with Crippen molar-refractivity contribution in [1.82, 2.24) is 4.57 Å². The second-order valence-electron chi connectivity index (χ2n) is 3.12. The van der Waals surface area contributed by atoms with Crippen LogP contribution in [-0.4, -0.2) is 22.3 Å². The number of aryl methyl sites for hydroxylation is 2. The van der Waals surface area contributed by atoms with Crippen molar-refractivity contribution in [2.75, 3.05) is 6.54 Å². The molecule has 3 nitrogen and oxygen atoms in total. The van der Waals surface area contributed by atoms with Crippen molar-refractivity contribution >= 4 is 0 Å². The Hall–Kier alpha value is -0.800. The molecule has 0 aliphatic rings. The van der Waals surface area contributed by atoms with E-state index < -0.39 is 6.10 Å². The summed E-state index contributed by atoms with van der Waals surface area (Å²) in [6, 6.07) is 4.08. The van der Waals surface area contributed by atoms with Gasteiger partial charge in [0, 0.05) is 24.5 Å². The normalized spacial score (nSPS) is 13.3. The highest BCUT2D eigenvalue weighted by atomic mass is 16.3. The summed E-state index contributed by atoms with van der Waals surface area (Å²) >= 11 is 0. The minimum Gasteiger partial charge on any atom is -0.390 e. The average molecular weight is 168 g/mol. The van der Waals surface area contributed by atoms with Gasteiger partial charge in [0.25, 0.3) is 0 Å². The molecule has 1 aromatic heterocycles. The van der Waals surface area contributed by atoms with Gasteiger partial charge in [0.2, 0.25) is 0 Å². The Morgan fingerprint density at radius 3 is 2.33 bits per heavy atom. The molecule has 0 bridgehead atoms. The molecule has 1 aromatic rings. The van der Waals surface area contributed by atoms with Gasteiger partial charge in [-0.15, -0.1) is 0 Å². The van der Waals surface area contributed by atoms with Crippen LogP contribution in [0, 0.1) is 13.8 Å². The summed E-state index contributed by atoms with van der Waals surface area (Å²) in [5, 5.41) is 9.33. The van der Waals surface area contributed by atoms with Crippen LogP contribution in [0.3, 0.4) is 0 Å². The predicted octanol–water partition coefficient (Wildman–Crippen LogP) is 0.425. The quantitative estimate of drug-likeness (QED) is 0.687. The van der Waals surface area contributed by atoms with Crippen LogP contribution in [0.4, 0.5) is 0 Å². The van der Waals surface area contributed by atoms with Crippen molar-refractivity contribution in [3.05, 3.63) is 23.5 Å². The average Bonchev–Trinajstić information content (AvgIpc) is 2.35. The van der Waals surface area contributed by atoms with E-state index >= 15 is 0 Å². The van der Waals surface area contributed by atoms with E-state index in [1.807, 2.05) is 26.0 Å². The number of nitrogens with two attached hydrogens (primary N) is 1. The van der Waals surface area contributed by atoms with E-state index in [-0.39, 0.29) is 0 Å². The zero-order valence-electron chi connectivity index (χ0n) is 7.62. The van der Waals surface area contributed by atoms with E-state index in [2.05, 4.69) is 4.57 Å². The van der Waals surface area contributed by atoms with Gasteiger partial charge in [-0.05, 0) is 26.0 Å². The highest BCUT2D eigenvalue weighted by Gasteiger charge is 2.05. The van der Waals surface area contributed by atoms with Gasteiger partial charge in [-0.2, -0.15) is 0 Å². The second-order valence-corrected chi connectivity index (χ2v) is 3.12. The Bertz CT molecular complexity index is 236. The smallest absolute Gasteiger partial charge is 0.0841 e. The number of hydrogen-bond donors (Lipinski definition) is 2. The molecular formula is C9H16N2O. The topological polar surface area (TPSA) is 51.2 Å². The number of nitrogens with zero attached hydrogens (tertiary/aromatic N) is 1. The van der Waals surface area contributed by atoms with Gasteiger partial charge in [0.05, 0.1) is 6.10 Å². The van der Waals surface area contributed by atoms with E-state index in [9.17, 15) is 5.11 Å². The maximum absolute atomic E-state index is 9.33. The number of aromatic nitrogens is 1. The van der Waals surface area contributed by atoms with Gasteiger partial charge in [-0.3, -0.25) is 0 Å². The van der Waals surface area contributed by atoms with Crippen molar-refractivity contribution in [3.8, 4) is 0 Å². The lowest BCUT2D eigenvalue weighted by atomic mass is 10.3. The molecule has 1 rings (SSSR count). The molecule has 0 amide bonds. The molecule has 0 radical (unpaired) electrons. The van der Waals surface area contributed by atoms with Crippen LogP contribution < -0.4 is 5.73 Å². The molecule has 0 aliphatic heterocycles. The molecule has 0 fully saturated rings. The van der Waals surface area contributed by atoms with Crippen molar-refractivity contribution in [3.63, 3.8) is 0 Å². The molecule has 0 aromatic carbocycles. The first-order chi connectivity index (χ1) is 5.65. The fourth-order valence-corrected chi connectivity index (χ4v) is 1.27. The number of aliphatic hydroxyl groups is 1. The Labute approximate surface area is 72.8 Å². The molecule has 3 N–H and O–H groups in total. The van der Waals surface area contributed by atoms with Crippen LogP contribution in [-0.2, 0) is 6.54 Å². The summed E-state index contributed by atoms with van der Waals surface area (Å²) in [6.07, 6.45) is -0.435. The van der Waals surface area contributed by atoms with Crippen molar-refractivity contribution in [2.24, 2.45) is 5.73 Å². The molecule has 0 saturated heterocycles. The number of rotatable bonds is 3.